The van der Waals surface area contributed by atoms with E-state index in [9.17, 15) is 4.39 Å². The van der Waals surface area contributed by atoms with Crippen LogP contribution in [0.25, 0.3) is 10.9 Å². The summed E-state index contributed by atoms with van der Waals surface area (Å²) >= 11 is 5.81. The van der Waals surface area contributed by atoms with E-state index in [1.807, 2.05) is 6.92 Å². The van der Waals surface area contributed by atoms with Crippen molar-refractivity contribution in [1.82, 2.24) is 14.9 Å². The van der Waals surface area contributed by atoms with E-state index >= 15 is 0 Å². The minimum Gasteiger partial charge on any atom is -0.342 e. The summed E-state index contributed by atoms with van der Waals surface area (Å²) in [6, 6.07) is 1.06. The van der Waals surface area contributed by atoms with E-state index in [1.54, 1.807) is 6.20 Å². The van der Waals surface area contributed by atoms with Gasteiger partial charge >= 0.3 is 0 Å². The van der Waals surface area contributed by atoms with Crippen LogP contribution in [0.3, 0.4) is 0 Å². The van der Waals surface area contributed by atoms with Crippen LogP contribution in [0.5, 0.6) is 0 Å². The lowest BCUT2D eigenvalue weighted by Crippen LogP contribution is -2.49. The summed E-state index contributed by atoms with van der Waals surface area (Å²) < 4.78 is 16.4. The number of hydrogen-bond donors (Lipinski definition) is 1. The van der Waals surface area contributed by atoms with Gasteiger partial charge in [-0.1, -0.05) is 11.6 Å². The number of aromatic nitrogens is 2. The lowest BCUT2D eigenvalue weighted by atomic mass is 9.77. The molecule has 3 aliphatic rings. The Labute approximate surface area is 122 Å². The Morgan fingerprint density at radius 1 is 1.45 bits per heavy atom. The maximum Gasteiger partial charge on any atom is 0.170 e. The van der Waals surface area contributed by atoms with Crippen LogP contribution in [-0.4, -0.2) is 22.1 Å². The van der Waals surface area contributed by atoms with Gasteiger partial charge in [0.1, 0.15) is 0 Å². The lowest BCUT2D eigenvalue weighted by Gasteiger charge is -2.44. The van der Waals surface area contributed by atoms with Gasteiger partial charge < -0.3 is 9.88 Å². The highest BCUT2D eigenvalue weighted by molar-refractivity contribution is 6.30. The number of nitrogens with one attached hydrogen (secondary N) is 1. The third kappa shape index (κ3) is 1.71. The first kappa shape index (κ1) is 12.6. The Kier molecular flexibility index (Phi) is 2.79. The molecule has 20 heavy (non-hydrogen) atoms. The first-order valence-corrected chi connectivity index (χ1v) is 7.57. The molecule has 0 spiro atoms. The molecule has 2 bridgehead atoms. The van der Waals surface area contributed by atoms with E-state index in [2.05, 4.69) is 21.1 Å². The fraction of sp³-hybridized carbons (Fsp3) is 0.533. The Balaban J connectivity index is 1.87. The van der Waals surface area contributed by atoms with Crippen molar-refractivity contribution in [3.8, 4) is 0 Å². The van der Waals surface area contributed by atoms with Gasteiger partial charge in [0.15, 0.2) is 11.0 Å². The van der Waals surface area contributed by atoms with Crippen LogP contribution in [0.2, 0.25) is 5.15 Å². The number of halogens is 2. The Morgan fingerprint density at radius 2 is 2.30 bits per heavy atom. The molecule has 3 nitrogen and oxygen atoms in total. The molecule has 1 aliphatic carbocycles. The highest BCUT2D eigenvalue weighted by Gasteiger charge is 2.37. The highest BCUT2D eigenvalue weighted by atomic mass is 35.5. The van der Waals surface area contributed by atoms with Crippen LogP contribution >= 0.6 is 11.6 Å². The maximum atomic E-state index is 14.2. The number of piperidine rings is 2. The van der Waals surface area contributed by atoms with Crippen LogP contribution < -0.4 is 5.32 Å². The number of rotatable bonds is 1. The van der Waals surface area contributed by atoms with Crippen LogP contribution in [0.4, 0.5) is 4.39 Å². The fourth-order valence-electron chi connectivity index (χ4n) is 3.93. The van der Waals surface area contributed by atoms with Gasteiger partial charge in [-0.05, 0) is 37.7 Å². The summed E-state index contributed by atoms with van der Waals surface area (Å²) in [4.78, 5) is 3.99. The summed E-state index contributed by atoms with van der Waals surface area (Å²) in [6.45, 7) is 3.01. The monoisotopic (exact) mass is 293 g/mol. The minimum atomic E-state index is -0.389. The van der Waals surface area contributed by atoms with E-state index < -0.39 is 0 Å². The summed E-state index contributed by atoms with van der Waals surface area (Å²) in [6.07, 6.45) is 7.42. The molecule has 4 heterocycles. The third-order valence-electron chi connectivity index (χ3n) is 4.94. The van der Waals surface area contributed by atoms with Gasteiger partial charge in [0.25, 0.3) is 0 Å². The van der Waals surface area contributed by atoms with Crippen molar-refractivity contribution in [3.05, 3.63) is 28.9 Å². The van der Waals surface area contributed by atoms with E-state index in [4.69, 9.17) is 11.6 Å². The number of fused-ring (bicyclic) bond motifs is 4. The zero-order valence-corrected chi connectivity index (χ0v) is 12.1. The van der Waals surface area contributed by atoms with Crippen LogP contribution in [0.15, 0.2) is 12.4 Å². The smallest absolute Gasteiger partial charge is 0.170 e. The molecule has 5 rings (SSSR count). The first-order valence-electron chi connectivity index (χ1n) is 7.19. The number of hydrogen-bond acceptors (Lipinski definition) is 2. The van der Waals surface area contributed by atoms with Gasteiger partial charge in [-0.25, -0.2) is 9.37 Å². The molecular weight excluding hydrogens is 277 g/mol. The molecule has 2 aliphatic heterocycles. The zero-order valence-electron chi connectivity index (χ0n) is 11.4. The first-order chi connectivity index (χ1) is 9.65. The lowest BCUT2D eigenvalue weighted by molar-refractivity contribution is 0.140. The average molecular weight is 294 g/mol. The third-order valence-corrected chi connectivity index (χ3v) is 5.21. The predicted octanol–water partition coefficient (Wildman–Crippen LogP) is 3.45. The Morgan fingerprint density at radius 3 is 2.95 bits per heavy atom. The SMILES string of the molecule is Cc1cn(C2CC3CCC2CN3)c2cnc(Cl)c(F)c12. The molecule has 2 aromatic rings. The highest BCUT2D eigenvalue weighted by Crippen LogP contribution is 2.40. The molecule has 0 radical (unpaired) electrons. The van der Waals surface area contributed by atoms with Crippen LogP contribution in [0.1, 0.15) is 30.9 Å². The molecule has 5 heteroatoms. The molecule has 0 amide bonds. The fourth-order valence-corrected chi connectivity index (χ4v) is 4.08. The van der Waals surface area contributed by atoms with Crippen LogP contribution in [-0.2, 0) is 0 Å². The van der Waals surface area contributed by atoms with Gasteiger partial charge in [-0.2, -0.15) is 0 Å². The van der Waals surface area contributed by atoms with E-state index in [0.29, 0.717) is 23.4 Å². The zero-order chi connectivity index (χ0) is 13.9. The number of aryl methyl sites for hydroxylation is 1. The summed E-state index contributed by atoms with van der Waals surface area (Å²) in [5.41, 5.74) is 1.82. The van der Waals surface area contributed by atoms with Crippen molar-refractivity contribution in [2.24, 2.45) is 5.92 Å². The Hall–Kier alpha value is -1.13. The molecule has 1 N–H and O–H groups in total. The molecule has 106 valence electrons. The Bertz CT molecular complexity index is 673. The number of nitrogens with zero attached hydrogens (tertiary/aromatic N) is 2. The molecule has 3 fully saturated rings. The second-order valence-electron chi connectivity index (χ2n) is 6.09. The van der Waals surface area contributed by atoms with Crippen molar-refractivity contribution in [2.75, 3.05) is 6.54 Å². The van der Waals surface area contributed by atoms with Crippen molar-refractivity contribution in [3.63, 3.8) is 0 Å². The van der Waals surface area contributed by atoms with Crippen molar-refractivity contribution in [1.29, 1.82) is 0 Å². The molecule has 1 saturated carbocycles. The quantitative estimate of drug-likeness (QED) is 0.816. The summed E-state index contributed by atoms with van der Waals surface area (Å²) in [5.74, 6) is 0.244. The van der Waals surface area contributed by atoms with Gasteiger partial charge in [-0.15, -0.1) is 0 Å². The molecule has 2 aromatic heterocycles. The second kappa shape index (κ2) is 4.43. The summed E-state index contributed by atoms with van der Waals surface area (Å²) in [5, 5.41) is 4.16. The predicted molar refractivity (Wildman–Crippen MR) is 77.6 cm³/mol. The molecule has 3 atom stereocenters. The van der Waals surface area contributed by atoms with Gasteiger partial charge in [-0.3, -0.25) is 0 Å². The maximum absolute atomic E-state index is 14.2. The van der Waals surface area contributed by atoms with Crippen molar-refractivity contribution >= 4 is 22.5 Å². The molecule has 0 aromatic carbocycles. The van der Waals surface area contributed by atoms with Crippen molar-refractivity contribution in [2.45, 2.75) is 38.3 Å². The molecular formula is C15H17ClFN3. The van der Waals surface area contributed by atoms with E-state index in [0.717, 1.165) is 24.0 Å². The van der Waals surface area contributed by atoms with Gasteiger partial charge in [0.2, 0.25) is 0 Å². The number of pyridine rings is 1. The van der Waals surface area contributed by atoms with Gasteiger partial charge in [0, 0.05) is 30.2 Å². The largest absolute Gasteiger partial charge is 0.342 e. The molecule has 3 unspecified atom stereocenters. The average Bonchev–Trinajstić information content (AvgIpc) is 2.82. The van der Waals surface area contributed by atoms with Crippen LogP contribution in [0, 0.1) is 18.7 Å². The van der Waals surface area contributed by atoms with E-state index in [1.165, 1.54) is 12.8 Å². The minimum absolute atomic E-state index is 0.0369. The van der Waals surface area contributed by atoms with Crippen molar-refractivity contribution < 1.29 is 4.39 Å². The van der Waals surface area contributed by atoms with E-state index in [-0.39, 0.29) is 11.0 Å². The standard InChI is InChI=1S/C15H17ClFN3/c1-8-7-20(11-4-10-3-2-9(11)5-18-10)12-6-19-15(16)14(17)13(8)12/h6-7,9-11,18H,2-5H2,1H3. The second-order valence-corrected chi connectivity index (χ2v) is 6.45. The molecule has 2 saturated heterocycles. The normalized spacial score (nSPS) is 29.2. The topological polar surface area (TPSA) is 29.9 Å². The summed E-state index contributed by atoms with van der Waals surface area (Å²) in [7, 11) is 0. The van der Waals surface area contributed by atoms with Gasteiger partial charge in [0.05, 0.1) is 11.7 Å².